The molecular weight excluding hydrogens is 610 g/mol. The third kappa shape index (κ3) is 16.7. The summed E-state index contributed by atoms with van der Waals surface area (Å²) in [5, 5.41) is 20.8. The van der Waals surface area contributed by atoms with Crippen molar-refractivity contribution in [3.63, 3.8) is 0 Å². The van der Waals surface area contributed by atoms with Crippen LogP contribution in [0.4, 0.5) is 0 Å². The van der Waals surface area contributed by atoms with Gasteiger partial charge >= 0.3 is 19.5 Å². The smallest absolute Gasteiger partial charge is 0.545 e. The second kappa shape index (κ2) is 20.2. The van der Waals surface area contributed by atoms with Crippen molar-refractivity contribution in [1.82, 2.24) is 0 Å². The molecule has 0 unspecified atom stereocenters. The van der Waals surface area contributed by atoms with Gasteiger partial charge in [-0.2, -0.15) is 0 Å². The molecule has 0 aromatic rings. The number of carbonyl (C=O) groups is 2. The Morgan fingerprint density at radius 1 is 0.600 bits per heavy atom. The molecule has 4 nitrogen and oxygen atoms in total. The zero-order valence-corrected chi connectivity index (χ0v) is 32.5. The summed E-state index contributed by atoms with van der Waals surface area (Å²) in [5.74, 6) is -2.32. The van der Waals surface area contributed by atoms with Crippen molar-refractivity contribution >= 4 is 11.9 Å². The Hall–Kier alpha value is -3.04. The molecule has 2 aliphatic rings. The van der Waals surface area contributed by atoms with Crippen LogP contribution in [0.15, 0.2) is 117 Å². The van der Waals surface area contributed by atoms with Crippen LogP contribution < -0.4 is 10.2 Å². The molecule has 0 heterocycles. The van der Waals surface area contributed by atoms with Crippen LogP contribution in [-0.2, 0) is 29.1 Å². The molecular formula is C40H54O4Zn. The van der Waals surface area contributed by atoms with Gasteiger partial charge in [-0.15, -0.1) is 0 Å². The maximum absolute atomic E-state index is 10.4. The van der Waals surface area contributed by atoms with E-state index in [1.54, 1.807) is 26.0 Å². The van der Waals surface area contributed by atoms with E-state index in [9.17, 15) is 19.8 Å². The van der Waals surface area contributed by atoms with E-state index in [2.05, 4.69) is 65.8 Å². The Morgan fingerprint density at radius 3 is 1.22 bits per heavy atom. The van der Waals surface area contributed by atoms with Gasteiger partial charge in [-0.25, -0.2) is 0 Å². The number of hydrogen-bond acceptors (Lipinski definition) is 4. The van der Waals surface area contributed by atoms with E-state index in [1.807, 2.05) is 38.2 Å². The fourth-order valence-corrected chi connectivity index (χ4v) is 5.73. The van der Waals surface area contributed by atoms with Gasteiger partial charge in [0.2, 0.25) is 0 Å². The van der Waals surface area contributed by atoms with Crippen LogP contribution in [-0.4, -0.2) is 11.9 Å². The molecule has 0 bridgehead atoms. The zero-order chi connectivity index (χ0) is 33.5. The Morgan fingerprint density at radius 2 is 0.933 bits per heavy atom. The Kier molecular flexibility index (Phi) is 18.8. The predicted molar refractivity (Wildman–Crippen MR) is 182 cm³/mol. The van der Waals surface area contributed by atoms with Gasteiger partial charge in [0.1, 0.15) is 0 Å². The molecule has 0 aromatic heterocycles. The molecule has 0 aromatic carbocycles. The SMILES string of the molecule is CC1=C(/C=C/C(C)=C/C=C/C(C)=C/C(=O)[O-])C(C)(C)CCC1.CC1=C(/C=C/C(C)=C/C=C/C(C)=C/C(=O)[O-])C(C)(C)CCC1.[Zn+2]. The van der Waals surface area contributed by atoms with Gasteiger partial charge in [0.25, 0.3) is 0 Å². The van der Waals surface area contributed by atoms with Crippen LogP contribution in [0.5, 0.6) is 0 Å². The minimum absolute atomic E-state index is 0. The van der Waals surface area contributed by atoms with Crippen molar-refractivity contribution in [3.05, 3.63) is 117 Å². The van der Waals surface area contributed by atoms with E-state index in [0.29, 0.717) is 11.1 Å². The molecule has 0 aliphatic heterocycles. The topological polar surface area (TPSA) is 80.3 Å². The van der Waals surface area contributed by atoms with Gasteiger partial charge in [-0.3, -0.25) is 0 Å². The van der Waals surface area contributed by atoms with Crippen molar-refractivity contribution in [2.75, 3.05) is 0 Å². The summed E-state index contributed by atoms with van der Waals surface area (Å²) in [7, 11) is 0. The summed E-state index contributed by atoms with van der Waals surface area (Å²) in [6, 6.07) is 0. The number of aliphatic carboxylic acids is 2. The summed E-state index contributed by atoms with van der Waals surface area (Å²) in [5.41, 5.74) is 9.99. The van der Waals surface area contributed by atoms with Crippen LogP contribution in [0.1, 0.15) is 108 Å². The zero-order valence-electron chi connectivity index (χ0n) is 29.5. The van der Waals surface area contributed by atoms with Crippen LogP contribution in [0, 0.1) is 10.8 Å². The molecule has 240 valence electrons. The fourth-order valence-electron chi connectivity index (χ4n) is 5.73. The van der Waals surface area contributed by atoms with Crippen molar-refractivity contribution in [2.45, 2.75) is 108 Å². The molecule has 0 atom stereocenters. The van der Waals surface area contributed by atoms with Crippen LogP contribution >= 0.6 is 0 Å². The first kappa shape index (κ1) is 42.0. The van der Waals surface area contributed by atoms with Crippen LogP contribution in [0.3, 0.4) is 0 Å². The fraction of sp³-hybridized carbons (Fsp3) is 0.450. The summed E-state index contributed by atoms with van der Waals surface area (Å²) in [6.07, 6.45) is 29.5. The first-order valence-electron chi connectivity index (χ1n) is 15.7. The molecule has 5 heteroatoms. The first-order chi connectivity index (χ1) is 20.4. The average Bonchev–Trinajstić information content (AvgIpc) is 2.87. The van der Waals surface area contributed by atoms with E-state index < -0.39 is 11.9 Å². The average molecular weight is 664 g/mol. The summed E-state index contributed by atoms with van der Waals surface area (Å²) in [4.78, 5) is 20.8. The molecule has 0 fully saturated rings. The molecule has 0 radical (unpaired) electrons. The number of hydrogen-bond donors (Lipinski definition) is 0. The van der Waals surface area contributed by atoms with Gasteiger partial charge in [0, 0.05) is 0 Å². The minimum Gasteiger partial charge on any atom is -0.545 e. The van der Waals surface area contributed by atoms with Gasteiger partial charge < -0.3 is 19.8 Å². The Balaban J connectivity index is 0.000000842. The van der Waals surface area contributed by atoms with Gasteiger partial charge in [-0.1, -0.05) is 111 Å². The molecule has 45 heavy (non-hydrogen) atoms. The second-order valence-electron chi connectivity index (χ2n) is 13.5. The molecule has 0 saturated heterocycles. The molecule has 2 rings (SSSR count). The quantitative estimate of drug-likeness (QED) is 0.133. The normalized spacial score (nSPS) is 19.8. The Bertz CT molecular complexity index is 1240. The molecule has 0 N–H and O–H groups in total. The van der Waals surface area contributed by atoms with Crippen molar-refractivity contribution in [2.24, 2.45) is 10.8 Å². The van der Waals surface area contributed by atoms with E-state index in [0.717, 1.165) is 23.3 Å². The van der Waals surface area contributed by atoms with Gasteiger partial charge in [0.15, 0.2) is 0 Å². The molecule has 0 amide bonds. The number of rotatable bonds is 10. The first-order valence-corrected chi connectivity index (χ1v) is 15.7. The number of allylic oxidation sites excluding steroid dienone is 18. The molecule has 0 spiro atoms. The summed E-state index contributed by atoms with van der Waals surface area (Å²) >= 11 is 0. The van der Waals surface area contributed by atoms with E-state index in [-0.39, 0.29) is 30.3 Å². The predicted octanol–water partition coefficient (Wildman–Crippen LogP) is 8.53. The van der Waals surface area contributed by atoms with E-state index in [1.165, 1.54) is 60.8 Å². The van der Waals surface area contributed by atoms with Crippen LogP contribution in [0.2, 0.25) is 0 Å². The van der Waals surface area contributed by atoms with Crippen LogP contribution in [0.25, 0.3) is 0 Å². The number of carboxylic acids is 2. The monoisotopic (exact) mass is 662 g/mol. The maximum Gasteiger partial charge on any atom is 2.00 e. The van der Waals surface area contributed by atoms with Crippen molar-refractivity contribution in [3.8, 4) is 0 Å². The van der Waals surface area contributed by atoms with E-state index >= 15 is 0 Å². The minimum atomic E-state index is -1.16. The Labute approximate surface area is 286 Å². The molecule has 2 aliphatic carbocycles. The third-order valence-corrected chi connectivity index (χ3v) is 8.24. The standard InChI is InChI=1S/2C20H28O2.Zn/c2*1-15(8-6-9-16(2)14-19(21)22)11-12-18-17(3)10-7-13-20(18,4)5;/h2*6,8-9,11-12,14H,7,10,13H2,1-5H3,(H,21,22);/q;;+2/p-2/b2*9-6+,12-11+,15-8+,16-14+;. The summed E-state index contributed by atoms with van der Waals surface area (Å²) in [6.45, 7) is 21.3. The van der Waals surface area contributed by atoms with E-state index in [4.69, 9.17) is 0 Å². The van der Waals surface area contributed by atoms with Crippen molar-refractivity contribution < 1.29 is 39.3 Å². The number of carboxylic acid groups (broad SMARTS) is 2. The van der Waals surface area contributed by atoms with Gasteiger partial charge in [0.05, 0.1) is 11.9 Å². The number of carbonyl (C=O) groups excluding carboxylic acids is 2. The van der Waals surface area contributed by atoms with Gasteiger partial charge in [-0.05, 0) is 125 Å². The van der Waals surface area contributed by atoms with Crippen molar-refractivity contribution in [1.29, 1.82) is 0 Å². The third-order valence-electron chi connectivity index (χ3n) is 8.24. The maximum atomic E-state index is 10.4. The molecule has 0 saturated carbocycles. The second-order valence-corrected chi connectivity index (χ2v) is 13.5. The largest absolute Gasteiger partial charge is 2.00 e. The summed E-state index contributed by atoms with van der Waals surface area (Å²) < 4.78 is 0.